The topological polar surface area (TPSA) is 234 Å². The zero-order chi connectivity index (χ0) is 22.6. The number of amides is 3. The van der Waals surface area contributed by atoms with Crippen LogP contribution in [0.4, 0.5) is 0 Å². The number of hydrogen-bond donors (Lipinski definition) is 8. The van der Waals surface area contributed by atoms with Crippen LogP contribution in [0.1, 0.15) is 32.6 Å². The van der Waals surface area contributed by atoms with E-state index in [1.165, 1.54) is 6.92 Å². The minimum absolute atomic E-state index is 0.121. The van der Waals surface area contributed by atoms with Crippen LogP contribution in [0.5, 0.6) is 0 Å². The van der Waals surface area contributed by atoms with E-state index in [4.69, 9.17) is 16.6 Å². The molecule has 13 heteroatoms. The van der Waals surface area contributed by atoms with Crippen LogP contribution in [0.15, 0.2) is 0 Å². The third-order valence-corrected chi connectivity index (χ3v) is 3.80. The molecule has 13 nitrogen and oxygen atoms in total. The van der Waals surface area contributed by atoms with Gasteiger partial charge in [0.1, 0.15) is 12.1 Å². The van der Waals surface area contributed by atoms with Gasteiger partial charge >= 0.3 is 11.9 Å². The molecule has 0 saturated carbocycles. The van der Waals surface area contributed by atoms with Crippen LogP contribution < -0.4 is 27.4 Å². The van der Waals surface area contributed by atoms with Crippen molar-refractivity contribution >= 4 is 29.7 Å². The smallest absolute Gasteiger partial charge is 0.326 e. The molecule has 0 aliphatic heterocycles. The average molecular weight is 419 g/mol. The molecule has 0 radical (unpaired) electrons. The monoisotopic (exact) mass is 419 g/mol. The Hall–Kier alpha value is -2.77. The quantitative estimate of drug-likeness (QED) is 0.129. The Morgan fingerprint density at radius 2 is 1.62 bits per heavy atom. The number of hydrogen-bond acceptors (Lipinski definition) is 8. The van der Waals surface area contributed by atoms with Gasteiger partial charge in [0.2, 0.25) is 17.7 Å². The third-order valence-electron chi connectivity index (χ3n) is 3.80. The lowest BCUT2D eigenvalue weighted by atomic mass is 10.1. The molecule has 4 atom stereocenters. The Morgan fingerprint density at radius 3 is 2.10 bits per heavy atom. The summed E-state index contributed by atoms with van der Waals surface area (Å²) >= 11 is 0. The number of carbonyl (C=O) groups is 5. The molecule has 0 aliphatic carbocycles. The summed E-state index contributed by atoms with van der Waals surface area (Å²) in [5.74, 6) is -5.22. The van der Waals surface area contributed by atoms with Gasteiger partial charge in [-0.05, 0) is 32.7 Å². The van der Waals surface area contributed by atoms with Crippen molar-refractivity contribution in [1.29, 1.82) is 0 Å². The molecule has 166 valence electrons. The average Bonchev–Trinajstić information content (AvgIpc) is 2.62. The molecule has 0 aromatic heterocycles. The second-order valence-electron chi connectivity index (χ2n) is 6.39. The van der Waals surface area contributed by atoms with Gasteiger partial charge in [-0.2, -0.15) is 0 Å². The van der Waals surface area contributed by atoms with E-state index >= 15 is 0 Å². The van der Waals surface area contributed by atoms with Crippen molar-refractivity contribution in [2.24, 2.45) is 11.5 Å². The Kier molecular flexibility index (Phi) is 12.1. The summed E-state index contributed by atoms with van der Waals surface area (Å²) in [6, 6.07) is -4.05. The first-order valence-corrected chi connectivity index (χ1v) is 8.95. The number of aliphatic carboxylic acids is 2. The second-order valence-corrected chi connectivity index (χ2v) is 6.39. The van der Waals surface area contributed by atoms with Crippen LogP contribution >= 0.6 is 0 Å². The summed E-state index contributed by atoms with van der Waals surface area (Å²) in [7, 11) is 0. The van der Waals surface area contributed by atoms with Gasteiger partial charge in [-0.1, -0.05) is 0 Å². The number of aliphatic hydroxyl groups is 1. The highest BCUT2D eigenvalue weighted by molar-refractivity contribution is 5.93. The summed E-state index contributed by atoms with van der Waals surface area (Å²) in [6.07, 6.45) is -0.840. The van der Waals surface area contributed by atoms with Gasteiger partial charge in [-0.3, -0.25) is 19.2 Å². The molecular formula is C16H29N5O8. The minimum Gasteiger partial charge on any atom is -0.481 e. The fourth-order valence-electron chi connectivity index (χ4n) is 2.22. The Labute approximate surface area is 167 Å². The molecule has 0 rings (SSSR count). The van der Waals surface area contributed by atoms with Crippen LogP contribution in [0, 0.1) is 0 Å². The summed E-state index contributed by atoms with van der Waals surface area (Å²) in [6.45, 7) is 0.964. The SMILES string of the molecule is CC(O)C(NC(=O)CNC(=O)C(N)CC(=O)O)C(=O)NC(CCCCN)C(=O)O. The van der Waals surface area contributed by atoms with Crippen LogP contribution in [0.25, 0.3) is 0 Å². The summed E-state index contributed by atoms with van der Waals surface area (Å²) in [4.78, 5) is 57.6. The van der Waals surface area contributed by atoms with Gasteiger partial charge in [0.05, 0.1) is 25.1 Å². The van der Waals surface area contributed by atoms with E-state index in [1.54, 1.807) is 0 Å². The van der Waals surface area contributed by atoms with Crippen LogP contribution in [0.2, 0.25) is 0 Å². The van der Waals surface area contributed by atoms with Crippen LogP contribution in [-0.4, -0.2) is 82.3 Å². The first kappa shape index (κ1) is 26.2. The fourth-order valence-corrected chi connectivity index (χ4v) is 2.22. The molecule has 0 aromatic rings. The van der Waals surface area contributed by atoms with Crippen molar-refractivity contribution in [3.8, 4) is 0 Å². The summed E-state index contributed by atoms with van der Waals surface area (Å²) < 4.78 is 0. The number of rotatable bonds is 14. The van der Waals surface area contributed by atoms with E-state index in [1.807, 2.05) is 0 Å². The Balaban J connectivity index is 4.77. The molecule has 0 saturated heterocycles. The Bertz CT molecular complexity index is 598. The van der Waals surface area contributed by atoms with Crippen molar-refractivity contribution in [2.45, 2.75) is 56.8 Å². The maximum Gasteiger partial charge on any atom is 0.326 e. The largest absolute Gasteiger partial charge is 0.481 e. The first-order valence-electron chi connectivity index (χ1n) is 8.95. The van der Waals surface area contributed by atoms with Crippen molar-refractivity contribution in [3.05, 3.63) is 0 Å². The lowest BCUT2D eigenvalue weighted by Crippen LogP contribution is -2.57. The van der Waals surface area contributed by atoms with E-state index in [2.05, 4.69) is 16.0 Å². The number of nitrogens with two attached hydrogens (primary N) is 2. The van der Waals surface area contributed by atoms with E-state index in [0.717, 1.165) is 0 Å². The van der Waals surface area contributed by atoms with Crippen molar-refractivity contribution in [3.63, 3.8) is 0 Å². The standard InChI is InChI=1S/C16H29N5O8/c1-8(22)13(15(27)20-10(16(28)29)4-2-3-5-17)21-11(23)7-19-14(26)9(18)6-12(24)25/h8-10,13,22H,2-7,17-18H2,1H3,(H,19,26)(H,20,27)(H,21,23)(H,24,25)(H,28,29). The molecular weight excluding hydrogens is 390 g/mol. The van der Waals surface area contributed by atoms with Crippen molar-refractivity contribution < 1.29 is 39.3 Å². The summed E-state index contributed by atoms with van der Waals surface area (Å²) in [5, 5.41) is 34.0. The van der Waals surface area contributed by atoms with Crippen molar-refractivity contribution in [1.82, 2.24) is 16.0 Å². The molecule has 0 heterocycles. The lowest BCUT2D eigenvalue weighted by Gasteiger charge is -2.23. The zero-order valence-corrected chi connectivity index (χ0v) is 16.1. The molecule has 3 amide bonds. The summed E-state index contributed by atoms with van der Waals surface area (Å²) in [5.41, 5.74) is 10.7. The van der Waals surface area contributed by atoms with Gasteiger partial charge in [0.25, 0.3) is 0 Å². The third kappa shape index (κ3) is 11.0. The normalized spacial score (nSPS) is 14.8. The fraction of sp³-hybridized carbons (Fsp3) is 0.688. The van der Waals surface area contributed by atoms with E-state index in [0.29, 0.717) is 19.4 Å². The van der Waals surface area contributed by atoms with Gasteiger partial charge in [0.15, 0.2) is 0 Å². The van der Waals surface area contributed by atoms with Gasteiger partial charge < -0.3 is 42.7 Å². The van der Waals surface area contributed by atoms with E-state index < -0.39 is 66.9 Å². The highest BCUT2D eigenvalue weighted by atomic mass is 16.4. The number of carboxylic acids is 2. The maximum absolute atomic E-state index is 12.3. The molecule has 4 unspecified atom stereocenters. The van der Waals surface area contributed by atoms with Gasteiger partial charge in [-0.15, -0.1) is 0 Å². The number of carboxylic acid groups (broad SMARTS) is 2. The number of aliphatic hydroxyl groups excluding tert-OH is 1. The molecule has 0 aromatic carbocycles. The highest BCUT2D eigenvalue weighted by Gasteiger charge is 2.29. The van der Waals surface area contributed by atoms with E-state index in [9.17, 15) is 34.2 Å². The number of nitrogens with one attached hydrogen (secondary N) is 3. The molecule has 0 bridgehead atoms. The molecule has 0 aliphatic rings. The maximum atomic E-state index is 12.3. The number of unbranched alkanes of at least 4 members (excludes halogenated alkanes) is 1. The van der Waals surface area contributed by atoms with E-state index in [-0.39, 0.29) is 6.42 Å². The lowest BCUT2D eigenvalue weighted by molar-refractivity contribution is -0.143. The predicted molar refractivity (Wildman–Crippen MR) is 99.3 cm³/mol. The second kappa shape index (κ2) is 13.4. The van der Waals surface area contributed by atoms with Gasteiger partial charge in [-0.25, -0.2) is 4.79 Å². The van der Waals surface area contributed by atoms with Crippen LogP contribution in [0.3, 0.4) is 0 Å². The predicted octanol–water partition coefficient (Wildman–Crippen LogP) is -3.53. The number of carbonyl (C=O) groups excluding carboxylic acids is 3. The molecule has 0 fully saturated rings. The molecule has 29 heavy (non-hydrogen) atoms. The highest BCUT2D eigenvalue weighted by Crippen LogP contribution is 2.03. The zero-order valence-electron chi connectivity index (χ0n) is 16.1. The van der Waals surface area contributed by atoms with Crippen LogP contribution in [-0.2, 0) is 24.0 Å². The minimum atomic E-state index is -1.47. The molecule has 0 spiro atoms. The Morgan fingerprint density at radius 1 is 1.00 bits per heavy atom. The molecule has 10 N–H and O–H groups in total. The van der Waals surface area contributed by atoms with Crippen molar-refractivity contribution in [2.75, 3.05) is 13.1 Å². The first-order chi connectivity index (χ1) is 13.5. The van der Waals surface area contributed by atoms with Gasteiger partial charge in [0, 0.05) is 0 Å².